The summed E-state index contributed by atoms with van der Waals surface area (Å²) in [5.41, 5.74) is 7.08. The number of pyridine rings is 1. The van der Waals surface area contributed by atoms with E-state index in [0.717, 1.165) is 34.5 Å². The molecule has 1 unspecified atom stereocenters. The van der Waals surface area contributed by atoms with Crippen LogP contribution in [0.4, 0.5) is 5.69 Å². The maximum absolute atomic E-state index is 12.3. The van der Waals surface area contributed by atoms with Crippen LogP contribution in [0.2, 0.25) is 0 Å². The predicted molar refractivity (Wildman–Crippen MR) is 125 cm³/mol. The Balaban J connectivity index is 1.41. The van der Waals surface area contributed by atoms with Crippen LogP contribution < -0.4 is 10.5 Å². The molecule has 10 heteroatoms. The van der Waals surface area contributed by atoms with Gasteiger partial charge in [0.05, 0.1) is 29.0 Å². The maximum Gasteiger partial charge on any atom is 0.321 e. The first kappa shape index (κ1) is 20.9. The zero-order chi connectivity index (χ0) is 21.9. The minimum absolute atomic E-state index is 0.0779. The molecule has 1 aliphatic heterocycles. The third-order valence-corrected chi connectivity index (χ3v) is 7.19. The topological polar surface area (TPSA) is 105 Å². The summed E-state index contributed by atoms with van der Waals surface area (Å²) in [7, 11) is 0. The molecule has 0 aliphatic carbocycles. The highest BCUT2D eigenvalue weighted by atomic mass is 32.2. The molecule has 0 spiro atoms. The summed E-state index contributed by atoms with van der Waals surface area (Å²) in [4.78, 5) is 18.4. The second-order valence-corrected chi connectivity index (χ2v) is 9.27. The molecule has 3 aromatic heterocycles. The zero-order valence-electron chi connectivity index (χ0n) is 17.1. The number of thioether (sulfide) groups is 1. The van der Waals surface area contributed by atoms with Gasteiger partial charge in [-0.3, -0.25) is 9.36 Å². The Morgan fingerprint density at radius 3 is 2.91 bits per heavy atom. The average Bonchev–Trinajstić information content (AvgIpc) is 3.54. The summed E-state index contributed by atoms with van der Waals surface area (Å²) in [6, 6.07) is 12.8. The van der Waals surface area contributed by atoms with E-state index in [0.29, 0.717) is 29.0 Å². The maximum atomic E-state index is 12.3. The molecule has 4 aromatic rings. The number of nitrogens with two attached hydrogens (primary N) is 1. The molecule has 0 amide bonds. The molecule has 1 atom stereocenters. The van der Waals surface area contributed by atoms with E-state index in [1.807, 2.05) is 34.9 Å². The van der Waals surface area contributed by atoms with Gasteiger partial charge in [0.2, 0.25) is 0 Å². The Kier molecular flexibility index (Phi) is 6.06. The van der Waals surface area contributed by atoms with Crippen LogP contribution in [-0.2, 0) is 16.1 Å². The fourth-order valence-corrected chi connectivity index (χ4v) is 5.39. The van der Waals surface area contributed by atoms with Gasteiger partial charge in [-0.05, 0) is 37.1 Å². The second-order valence-electron chi connectivity index (χ2n) is 7.33. The molecule has 4 heterocycles. The lowest BCUT2D eigenvalue weighted by atomic mass is 10.2. The van der Waals surface area contributed by atoms with Gasteiger partial charge in [-0.1, -0.05) is 30.0 Å². The summed E-state index contributed by atoms with van der Waals surface area (Å²) in [6.45, 7) is 1.35. The molecular weight excluding hydrogens is 446 g/mol. The van der Waals surface area contributed by atoms with Crippen molar-refractivity contribution in [3.05, 3.63) is 48.7 Å². The number of aromatic nitrogens is 4. The molecule has 1 fully saturated rings. The molecule has 2 N–H and O–H groups in total. The first-order chi connectivity index (χ1) is 15.7. The smallest absolute Gasteiger partial charge is 0.321 e. The van der Waals surface area contributed by atoms with Crippen molar-refractivity contribution in [1.82, 2.24) is 19.7 Å². The number of carbonyl (C=O) groups is 1. The SMILES string of the molecule is Nc1c(-c2nnc(SCC(=O)Oc3ccccc3)n2CC2CCCO2)sc2ncccc12. The number of hydrogen-bond donors (Lipinski definition) is 1. The van der Waals surface area contributed by atoms with Crippen molar-refractivity contribution in [3.8, 4) is 16.5 Å². The van der Waals surface area contributed by atoms with E-state index in [2.05, 4.69) is 15.2 Å². The van der Waals surface area contributed by atoms with E-state index >= 15 is 0 Å². The number of carbonyl (C=O) groups excluding carboxylic acids is 1. The molecule has 0 bridgehead atoms. The third-order valence-electron chi connectivity index (χ3n) is 5.13. The van der Waals surface area contributed by atoms with Crippen LogP contribution in [0.15, 0.2) is 53.8 Å². The number of fused-ring (bicyclic) bond motifs is 1. The number of nitrogens with zero attached hydrogens (tertiary/aromatic N) is 4. The lowest BCUT2D eigenvalue weighted by molar-refractivity contribution is -0.131. The van der Waals surface area contributed by atoms with Gasteiger partial charge in [0.25, 0.3) is 0 Å². The fourth-order valence-electron chi connectivity index (χ4n) is 3.61. The molecule has 32 heavy (non-hydrogen) atoms. The fraction of sp³-hybridized carbons (Fsp3) is 0.273. The molecule has 8 nitrogen and oxygen atoms in total. The predicted octanol–water partition coefficient (Wildman–Crippen LogP) is 4.01. The molecule has 1 saturated heterocycles. The van der Waals surface area contributed by atoms with E-state index < -0.39 is 0 Å². The van der Waals surface area contributed by atoms with Crippen molar-refractivity contribution in [1.29, 1.82) is 0 Å². The van der Waals surface area contributed by atoms with Gasteiger partial charge in [-0.25, -0.2) is 4.98 Å². The normalized spacial score (nSPS) is 15.9. The van der Waals surface area contributed by atoms with Gasteiger partial charge in [0, 0.05) is 18.2 Å². The number of hydrogen-bond acceptors (Lipinski definition) is 9. The van der Waals surface area contributed by atoms with Crippen LogP contribution >= 0.6 is 23.1 Å². The van der Waals surface area contributed by atoms with Gasteiger partial charge in [-0.2, -0.15) is 0 Å². The molecule has 0 saturated carbocycles. The molecule has 1 aliphatic rings. The number of esters is 1. The Bertz CT molecular complexity index is 1240. The number of benzene rings is 1. The summed E-state index contributed by atoms with van der Waals surface area (Å²) < 4.78 is 13.2. The third kappa shape index (κ3) is 4.34. The summed E-state index contributed by atoms with van der Waals surface area (Å²) in [5, 5.41) is 10.3. The molecule has 0 radical (unpaired) electrons. The summed E-state index contributed by atoms with van der Waals surface area (Å²) in [5.74, 6) is 0.951. The first-order valence-electron chi connectivity index (χ1n) is 10.3. The highest BCUT2D eigenvalue weighted by Gasteiger charge is 2.25. The Hall–Kier alpha value is -2.95. The van der Waals surface area contributed by atoms with Crippen molar-refractivity contribution in [3.63, 3.8) is 0 Å². The number of thiophene rings is 1. The van der Waals surface area contributed by atoms with Gasteiger partial charge in [0.15, 0.2) is 11.0 Å². The Labute approximate surface area is 192 Å². The van der Waals surface area contributed by atoms with Crippen LogP contribution in [0, 0.1) is 0 Å². The Morgan fingerprint density at radius 1 is 1.25 bits per heavy atom. The van der Waals surface area contributed by atoms with E-state index in [4.69, 9.17) is 15.2 Å². The van der Waals surface area contributed by atoms with E-state index in [1.165, 1.54) is 23.1 Å². The van der Waals surface area contributed by atoms with Crippen molar-refractivity contribution in [2.24, 2.45) is 0 Å². The number of ether oxygens (including phenoxy) is 2. The minimum atomic E-state index is -0.347. The molecule has 1 aromatic carbocycles. The number of para-hydroxylation sites is 1. The van der Waals surface area contributed by atoms with Crippen LogP contribution in [0.1, 0.15) is 12.8 Å². The quantitative estimate of drug-likeness (QED) is 0.247. The van der Waals surface area contributed by atoms with Crippen molar-refractivity contribution < 1.29 is 14.3 Å². The number of anilines is 1. The van der Waals surface area contributed by atoms with Crippen molar-refractivity contribution in [2.45, 2.75) is 30.6 Å². The highest BCUT2D eigenvalue weighted by molar-refractivity contribution is 7.99. The van der Waals surface area contributed by atoms with E-state index in [9.17, 15) is 4.79 Å². The van der Waals surface area contributed by atoms with Crippen LogP contribution in [0.25, 0.3) is 20.9 Å². The van der Waals surface area contributed by atoms with Crippen molar-refractivity contribution >= 4 is 45.0 Å². The first-order valence-corrected chi connectivity index (χ1v) is 12.1. The lowest BCUT2D eigenvalue weighted by Gasteiger charge is -2.14. The van der Waals surface area contributed by atoms with Crippen LogP contribution in [0.3, 0.4) is 0 Å². The zero-order valence-corrected chi connectivity index (χ0v) is 18.8. The standard InChI is InChI=1S/C22H21N5O3S2/c23-18-16-9-4-10-24-21(16)32-19(18)20-25-26-22(27(20)12-15-8-5-11-29-15)31-13-17(28)30-14-6-2-1-3-7-14/h1-4,6-7,9-10,15H,5,8,11-13,23H2. The number of nitrogen functional groups attached to an aromatic ring is 1. The monoisotopic (exact) mass is 467 g/mol. The van der Waals surface area contributed by atoms with Gasteiger partial charge >= 0.3 is 5.97 Å². The summed E-state index contributed by atoms with van der Waals surface area (Å²) >= 11 is 2.78. The van der Waals surface area contributed by atoms with Gasteiger partial charge in [-0.15, -0.1) is 21.5 Å². The second kappa shape index (κ2) is 9.27. The van der Waals surface area contributed by atoms with Crippen LogP contribution in [-0.4, -0.2) is 44.2 Å². The van der Waals surface area contributed by atoms with Gasteiger partial charge in [0.1, 0.15) is 10.6 Å². The summed E-state index contributed by atoms with van der Waals surface area (Å²) in [6.07, 6.45) is 3.83. The van der Waals surface area contributed by atoms with Crippen LogP contribution in [0.5, 0.6) is 5.75 Å². The average molecular weight is 468 g/mol. The highest BCUT2D eigenvalue weighted by Crippen LogP contribution is 2.40. The lowest BCUT2D eigenvalue weighted by Crippen LogP contribution is -2.17. The Morgan fingerprint density at radius 2 is 2.12 bits per heavy atom. The minimum Gasteiger partial charge on any atom is -0.426 e. The molecular formula is C22H21N5O3S2. The van der Waals surface area contributed by atoms with E-state index in [-0.39, 0.29) is 17.8 Å². The molecule has 164 valence electrons. The van der Waals surface area contributed by atoms with Crippen molar-refractivity contribution in [2.75, 3.05) is 18.1 Å². The number of rotatable bonds is 7. The molecule has 5 rings (SSSR count). The van der Waals surface area contributed by atoms with E-state index in [1.54, 1.807) is 18.3 Å². The van der Waals surface area contributed by atoms with Gasteiger partial charge < -0.3 is 15.2 Å². The largest absolute Gasteiger partial charge is 0.426 e.